The molecule has 1 fully saturated rings. The SMILES string of the molecule is Cc1cccc(C(=O)Nc2ccc(NC(=O)CN3CCNC(=O)C3CC(=O)OCC(C)C)cc2)c1. The van der Waals surface area contributed by atoms with Gasteiger partial charge in [-0.25, -0.2) is 0 Å². The van der Waals surface area contributed by atoms with Gasteiger partial charge in [-0.1, -0.05) is 31.5 Å². The number of nitrogens with one attached hydrogen (secondary N) is 3. The van der Waals surface area contributed by atoms with Crippen LogP contribution in [0.5, 0.6) is 0 Å². The molecule has 3 amide bonds. The highest BCUT2D eigenvalue weighted by molar-refractivity contribution is 6.04. The number of piperazine rings is 1. The maximum atomic E-state index is 12.6. The number of aryl methyl sites for hydroxylation is 1. The van der Waals surface area contributed by atoms with Crippen LogP contribution in [-0.4, -0.2) is 60.9 Å². The largest absolute Gasteiger partial charge is 0.465 e. The topological polar surface area (TPSA) is 117 Å². The Morgan fingerprint density at radius 3 is 2.43 bits per heavy atom. The summed E-state index contributed by atoms with van der Waals surface area (Å²) in [5.41, 5.74) is 2.72. The van der Waals surface area contributed by atoms with Gasteiger partial charge in [-0.3, -0.25) is 24.1 Å². The van der Waals surface area contributed by atoms with Crippen molar-refractivity contribution < 1.29 is 23.9 Å². The van der Waals surface area contributed by atoms with Gasteiger partial charge in [0.2, 0.25) is 11.8 Å². The normalized spacial score (nSPS) is 15.9. The summed E-state index contributed by atoms with van der Waals surface area (Å²) >= 11 is 0. The third-order valence-electron chi connectivity index (χ3n) is 5.43. The highest BCUT2D eigenvalue weighted by Gasteiger charge is 2.33. The molecule has 9 nitrogen and oxygen atoms in total. The first-order chi connectivity index (χ1) is 16.7. The van der Waals surface area contributed by atoms with Crippen molar-refractivity contribution in [2.45, 2.75) is 33.2 Å². The molecule has 1 aliphatic rings. The highest BCUT2D eigenvalue weighted by Crippen LogP contribution is 2.16. The third-order valence-corrected chi connectivity index (χ3v) is 5.43. The van der Waals surface area contributed by atoms with E-state index in [-0.39, 0.29) is 43.2 Å². The van der Waals surface area contributed by atoms with Crippen LogP contribution in [0.2, 0.25) is 0 Å². The van der Waals surface area contributed by atoms with Gasteiger partial charge < -0.3 is 20.7 Å². The summed E-state index contributed by atoms with van der Waals surface area (Å²) in [5.74, 6) is -1.08. The Kier molecular flexibility index (Phi) is 8.97. The molecule has 0 bridgehead atoms. The second-order valence-electron chi connectivity index (χ2n) is 9.01. The minimum absolute atomic E-state index is 0.0403. The number of rotatable bonds is 9. The fraction of sp³-hybridized carbons (Fsp3) is 0.385. The molecule has 2 aromatic carbocycles. The van der Waals surface area contributed by atoms with Crippen molar-refractivity contribution in [1.82, 2.24) is 10.2 Å². The minimum Gasteiger partial charge on any atom is -0.465 e. The molecule has 186 valence electrons. The fourth-order valence-corrected chi connectivity index (χ4v) is 3.66. The van der Waals surface area contributed by atoms with Crippen molar-refractivity contribution in [2.75, 3.05) is 36.9 Å². The quantitative estimate of drug-likeness (QED) is 0.475. The number of esters is 1. The van der Waals surface area contributed by atoms with E-state index in [2.05, 4.69) is 16.0 Å². The fourth-order valence-electron chi connectivity index (χ4n) is 3.66. The number of benzene rings is 2. The maximum Gasteiger partial charge on any atom is 0.307 e. The van der Waals surface area contributed by atoms with Crippen LogP contribution in [0.25, 0.3) is 0 Å². The summed E-state index contributed by atoms with van der Waals surface area (Å²) in [7, 11) is 0. The van der Waals surface area contributed by atoms with Crippen LogP contribution in [0.3, 0.4) is 0 Å². The van der Waals surface area contributed by atoms with Gasteiger partial charge >= 0.3 is 5.97 Å². The molecule has 35 heavy (non-hydrogen) atoms. The standard InChI is InChI=1S/C26H32N4O5/c1-17(2)16-35-24(32)14-22-26(34)27-11-12-30(22)15-23(31)28-20-7-9-21(10-8-20)29-25(33)19-6-4-5-18(3)13-19/h4-10,13,17,22H,11-12,14-16H2,1-3H3,(H,27,34)(H,28,31)(H,29,33). The lowest BCUT2D eigenvalue weighted by Gasteiger charge is -2.33. The highest BCUT2D eigenvalue weighted by atomic mass is 16.5. The molecule has 2 aromatic rings. The van der Waals surface area contributed by atoms with Crippen LogP contribution in [0.4, 0.5) is 11.4 Å². The Morgan fingerprint density at radius 1 is 1.09 bits per heavy atom. The smallest absolute Gasteiger partial charge is 0.307 e. The number of amides is 3. The molecule has 3 rings (SSSR count). The third kappa shape index (κ3) is 7.92. The second kappa shape index (κ2) is 12.1. The van der Waals surface area contributed by atoms with E-state index < -0.39 is 12.0 Å². The number of anilines is 2. The molecule has 3 N–H and O–H groups in total. The summed E-state index contributed by atoms with van der Waals surface area (Å²) in [4.78, 5) is 51.2. The van der Waals surface area contributed by atoms with Gasteiger partial charge in [-0.2, -0.15) is 0 Å². The number of nitrogens with zero attached hydrogens (tertiary/aromatic N) is 1. The van der Waals surface area contributed by atoms with Gasteiger partial charge in [-0.05, 0) is 49.2 Å². The molecular weight excluding hydrogens is 448 g/mol. The van der Waals surface area contributed by atoms with Crippen LogP contribution in [-0.2, 0) is 19.1 Å². The van der Waals surface area contributed by atoms with Gasteiger partial charge in [-0.15, -0.1) is 0 Å². The zero-order valence-electron chi connectivity index (χ0n) is 20.3. The molecule has 0 spiro atoms. The van der Waals surface area contributed by atoms with E-state index in [9.17, 15) is 19.2 Å². The Morgan fingerprint density at radius 2 is 1.77 bits per heavy atom. The zero-order chi connectivity index (χ0) is 25.4. The number of hydrogen-bond acceptors (Lipinski definition) is 6. The van der Waals surface area contributed by atoms with Gasteiger partial charge in [0.15, 0.2) is 0 Å². The number of carbonyl (C=O) groups is 4. The number of ether oxygens (including phenoxy) is 1. The van der Waals surface area contributed by atoms with Crippen LogP contribution in [0.1, 0.15) is 36.2 Å². The predicted octanol–water partition coefficient (Wildman–Crippen LogP) is 2.58. The molecular formula is C26H32N4O5. The van der Waals surface area contributed by atoms with E-state index in [1.807, 2.05) is 39.0 Å². The summed E-state index contributed by atoms with van der Waals surface area (Å²) in [5, 5.41) is 8.36. The van der Waals surface area contributed by atoms with Gasteiger partial charge in [0.1, 0.15) is 6.04 Å². The van der Waals surface area contributed by atoms with Gasteiger partial charge in [0.25, 0.3) is 5.91 Å². The molecule has 0 aliphatic carbocycles. The lowest BCUT2D eigenvalue weighted by atomic mass is 10.1. The Bertz CT molecular complexity index is 1070. The maximum absolute atomic E-state index is 12.6. The lowest BCUT2D eigenvalue weighted by molar-refractivity contribution is -0.149. The molecule has 0 aromatic heterocycles. The Labute approximate surface area is 205 Å². The summed E-state index contributed by atoms with van der Waals surface area (Å²) in [6.07, 6.45) is -0.110. The summed E-state index contributed by atoms with van der Waals surface area (Å²) in [6, 6.07) is 13.3. The first-order valence-electron chi connectivity index (χ1n) is 11.7. The van der Waals surface area contributed by atoms with Crippen LogP contribution in [0, 0.1) is 12.8 Å². The Balaban J connectivity index is 1.54. The van der Waals surface area contributed by atoms with E-state index in [4.69, 9.17) is 4.74 Å². The molecule has 0 saturated carbocycles. The Hall–Kier alpha value is -3.72. The van der Waals surface area contributed by atoms with E-state index >= 15 is 0 Å². The van der Waals surface area contributed by atoms with Crippen molar-refractivity contribution in [3.8, 4) is 0 Å². The lowest BCUT2D eigenvalue weighted by Crippen LogP contribution is -2.57. The first kappa shape index (κ1) is 25.9. The van der Waals surface area contributed by atoms with Crippen molar-refractivity contribution in [3.05, 3.63) is 59.7 Å². The van der Waals surface area contributed by atoms with Crippen LogP contribution in [0.15, 0.2) is 48.5 Å². The molecule has 1 unspecified atom stereocenters. The summed E-state index contributed by atoms with van der Waals surface area (Å²) < 4.78 is 5.20. The first-order valence-corrected chi connectivity index (χ1v) is 11.7. The molecule has 9 heteroatoms. The average Bonchev–Trinajstić information content (AvgIpc) is 2.81. The average molecular weight is 481 g/mol. The predicted molar refractivity (Wildman–Crippen MR) is 133 cm³/mol. The van der Waals surface area contributed by atoms with Crippen LogP contribution >= 0.6 is 0 Å². The summed E-state index contributed by atoms with van der Waals surface area (Å²) in [6.45, 7) is 6.88. The van der Waals surface area contributed by atoms with Crippen molar-refractivity contribution in [2.24, 2.45) is 5.92 Å². The van der Waals surface area contributed by atoms with Crippen molar-refractivity contribution >= 4 is 35.1 Å². The molecule has 1 aliphatic heterocycles. The molecule has 0 radical (unpaired) electrons. The monoisotopic (exact) mass is 480 g/mol. The van der Waals surface area contributed by atoms with E-state index in [1.165, 1.54) is 0 Å². The van der Waals surface area contributed by atoms with Crippen molar-refractivity contribution in [1.29, 1.82) is 0 Å². The second-order valence-corrected chi connectivity index (χ2v) is 9.01. The molecule has 1 heterocycles. The molecule has 1 saturated heterocycles. The van der Waals surface area contributed by atoms with Crippen LogP contribution < -0.4 is 16.0 Å². The minimum atomic E-state index is -0.756. The van der Waals surface area contributed by atoms with E-state index in [1.54, 1.807) is 35.2 Å². The van der Waals surface area contributed by atoms with Crippen molar-refractivity contribution in [3.63, 3.8) is 0 Å². The number of carbonyl (C=O) groups excluding carboxylic acids is 4. The zero-order valence-corrected chi connectivity index (χ0v) is 20.3. The van der Waals surface area contributed by atoms with E-state index in [0.717, 1.165) is 5.56 Å². The van der Waals surface area contributed by atoms with E-state index in [0.29, 0.717) is 30.0 Å². The van der Waals surface area contributed by atoms with Gasteiger partial charge in [0, 0.05) is 30.0 Å². The van der Waals surface area contributed by atoms with Gasteiger partial charge in [0.05, 0.1) is 19.6 Å². The number of hydrogen-bond donors (Lipinski definition) is 3. The molecule has 1 atom stereocenters.